The van der Waals surface area contributed by atoms with Crippen LogP contribution in [0.25, 0.3) is 11.3 Å². The van der Waals surface area contributed by atoms with Crippen LogP contribution in [-0.2, 0) is 0 Å². The van der Waals surface area contributed by atoms with Crippen LogP contribution < -0.4 is 5.73 Å². The number of thiazole rings is 1. The van der Waals surface area contributed by atoms with Crippen molar-refractivity contribution >= 4 is 51.0 Å². The average Bonchev–Trinajstić information content (AvgIpc) is 2.58. The third-order valence-corrected chi connectivity index (χ3v) is 3.62. The summed E-state index contributed by atoms with van der Waals surface area (Å²) in [7, 11) is 0. The summed E-state index contributed by atoms with van der Waals surface area (Å²) in [6, 6.07) is 1.79. The van der Waals surface area contributed by atoms with Crippen LogP contribution in [-0.4, -0.2) is 4.98 Å². The van der Waals surface area contributed by atoms with Gasteiger partial charge < -0.3 is 5.73 Å². The van der Waals surface area contributed by atoms with Gasteiger partial charge in [-0.15, -0.1) is 22.7 Å². The molecule has 2 aromatic rings. The van der Waals surface area contributed by atoms with Gasteiger partial charge in [0.1, 0.15) is 4.34 Å². The molecule has 0 aliphatic heterocycles. The van der Waals surface area contributed by atoms with E-state index in [0.717, 1.165) is 11.3 Å². The van der Waals surface area contributed by atoms with E-state index in [4.69, 9.17) is 28.9 Å². The molecule has 0 amide bonds. The van der Waals surface area contributed by atoms with E-state index >= 15 is 0 Å². The molecule has 0 aliphatic carbocycles. The van der Waals surface area contributed by atoms with Gasteiger partial charge >= 0.3 is 0 Å². The molecule has 2 nitrogen and oxygen atoms in total. The smallest absolute Gasteiger partial charge is 0.180 e. The molecular weight excluding hydrogens is 247 g/mol. The van der Waals surface area contributed by atoms with Gasteiger partial charge in [0.05, 0.1) is 10.0 Å². The van der Waals surface area contributed by atoms with Crippen LogP contribution in [0.3, 0.4) is 0 Å². The summed E-state index contributed by atoms with van der Waals surface area (Å²) < 4.78 is 1.31. The highest BCUT2D eigenvalue weighted by molar-refractivity contribution is 7.20. The standard InChI is InChI=1S/C7H4Cl2N2S2/c8-5-1-3(6(9)13-5)4-2-12-7(10)11-4/h1-2H,(H2,10,11). The first-order chi connectivity index (χ1) is 6.16. The van der Waals surface area contributed by atoms with Gasteiger partial charge in [-0.3, -0.25) is 0 Å². The zero-order valence-corrected chi connectivity index (χ0v) is 9.40. The Kier molecular flexibility index (Phi) is 2.47. The van der Waals surface area contributed by atoms with E-state index in [2.05, 4.69) is 4.98 Å². The number of hydrogen-bond acceptors (Lipinski definition) is 4. The highest BCUT2D eigenvalue weighted by Crippen LogP contribution is 2.38. The molecule has 0 fully saturated rings. The van der Waals surface area contributed by atoms with Crippen LogP contribution in [0.2, 0.25) is 8.67 Å². The molecule has 68 valence electrons. The maximum Gasteiger partial charge on any atom is 0.180 e. The number of nitrogens with two attached hydrogens (primary N) is 1. The molecule has 2 heterocycles. The van der Waals surface area contributed by atoms with Crippen molar-refractivity contribution in [3.8, 4) is 11.3 Å². The van der Waals surface area contributed by atoms with E-state index in [0.29, 0.717) is 13.8 Å². The molecule has 0 atom stereocenters. The number of rotatable bonds is 1. The largest absolute Gasteiger partial charge is 0.375 e. The number of hydrogen-bond donors (Lipinski definition) is 1. The fraction of sp³-hybridized carbons (Fsp3) is 0. The van der Waals surface area contributed by atoms with Gasteiger partial charge in [0, 0.05) is 10.9 Å². The van der Waals surface area contributed by atoms with Crippen molar-refractivity contribution in [1.82, 2.24) is 4.98 Å². The zero-order chi connectivity index (χ0) is 9.42. The monoisotopic (exact) mass is 250 g/mol. The first kappa shape index (κ1) is 9.27. The normalized spacial score (nSPS) is 10.6. The van der Waals surface area contributed by atoms with E-state index in [1.165, 1.54) is 22.7 Å². The van der Waals surface area contributed by atoms with Crippen LogP contribution >= 0.6 is 45.9 Å². The van der Waals surface area contributed by atoms with Crippen LogP contribution in [0.5, 0.6) is 0 Å². The molecule has 2 aromatic heterocycles. The lowest BCUT2D eigenvalue weighted by atomic mass is 10.3. The molecule has 0 radical (unpaired) electrons. The Morgan fingerprint density at radius 1 is 1.38 bits per heavy atom. The SMILES string of the molecule is Nc1nc(-c2cc(Cl)sc2Cl)cs1. The van der Waals surface area contributed by atoms with Gasteiger partial charge in [0.2, 0.25) is 0 Å². The molecule has 0 saturated carbocycles. The van der Waals surface area contributed by atoms with Crippen molar-refractivity contribution in [3.05, 3.63) is 20.1 Å². The highest BCUT2D eigenvalue weighted by Gasteiger charge is 2.10. The molecule has 2 N–H and O–H groups in total. The summed E-state index contributed by atoms with van der Waals surface area (Å²) in [4.78, 5) is 4.11. The Morgan fingerprint density at radius 2 is 2.15 bits per heavy atom. The van der Waals surface area contributed by atoms with Gasteiger partial charge in [0.15, 0.2) is 5.13 Å². The van der Waals surface area contributed by atoms with Crippen molar-refractivity contribution < 1.29 is 0 Å². The molecular formula is C7H4Cl2N2S2. The predicted molar refractivity (Wildman–Crippen MR) is 59.9 cm³/mol. The van der Waals surface area contributed by atoms with Crippen LogP contribution in [0, 0.1) is 0 Å². The Hall–Kier alpha value is -0.290. The minimum Gasteiger partial charge on any atom is -0.375 e. The van der Waals surface area contributed by atoms with Crippen molar-refractivity contribution in [2.75, 3.05) is 5.73 Å². The van der Waals surface area contributed by atoms with Gasteiger partial charge in [-0.25, -0.2) is 4.98 Å². The van der Waals surface area contributed by atoms with Crippen LogP contribution in [0.4, 0.5) is 5.13 Å². The van der Waals surface area contributed by atoms with E-state index < -0.39 is 0 Å². The number of aromatic nitrogens is 1. The lowest BCUT2D eigenvalue weighted by Crippen LogP contribution is -1.81. The van der Waals surface area contributed by atoms with E-state index in [-0.39, 0.29) is 0 Å². The zero-order valence-electron chi connectivity index (χ0n) is 6.25. The summed E-state index contributed by atoms with van der Waals surface area (Å²) in [6.07, 6.45) is 0. The second-order valence-corrected chi connectivity index (χ2v) is 5.48. The number of anilines is 1. The average molecular weight is 251 g/mol. The summed E-state index contributed by atoms with van der Waals surface area (Å²) in [6.45, 7) is 0. The molecule has 6 heteroatoms. The van der Waals surface area contributed by atoms with Gasteiger partial charge in [-0.2, -0.15) is 0 Å². The predicted octanol–water partition coefficient (Wildman–Crippen LogP) is 3.76. The third-order valence-electron chi connectivity index (χ3n) is 1.45. The Bertz CT molecular complexity index is 435. The lowest BCUT2D eigenvalue weighted by Gasteiger charge is -1.89. The second-order valence-electron chi connectivity index (χ2n) is 2.31. The molecule has 0 aliphatic rings. The summed E-state index contributed by atoms with van der Waals surface area (Å²) in [5, 5.41) is 2.40. The van der Waals surface area contributed by atoms with Crippen molar-refractivity contribution in [2.24, 2.45) is 0 Å². The Balaban J connectivity index is 2.51. The van der Waals surface area contributed by atoms with Crippen LogP contribution in [0.1, 0.15) is 0 Å². The Labute approximate surface area is 92.9 Å². The number of nitrogen functional groups attached to an aromatic ring is 1. The molecule has 13 heavy (non-hydrogen) atoms. The fourth-order valence-corrected chi connectivity index (χ4v) is 2.97. The lowest BCUT2D eigenvalue weighted by molar-refractivity contribution is 1.42. The second kappa shape index (κ2) is 3.46. The molecule has 0 bridgehead atoms. The van der Waals surface area contributed by atoms with Crippen LogP contribution in [0.15, 0.2) is 11.4 Å². The third kappa shape index (κ3) is 1.81. The van der Waals surface area contributed by atoms with Gasteiger partial charge in [-0.05, 0) is 6.07 Å². The van der Waals surface area contributed by atoms with E-state index in [1.54, 1.807) is 6.07 Å². The summed E-state index contributed by atoms with van der Waals surface area (Å²) >= 11 is 14.5. The summed E-state index contributed by atoms with van der Waals surface area (Å²) in [5.41, 5.74) is 7.15. The summed E-state index contributed by atoms with van der Waals surface area (Å²) in [5.74, 6) is 0. The molecule has 2 rings (SSSR count). The molecule has 0 unspecified atom stereocenters. The molecule has 0 saturated heterocycles. The number of halogens is 2. The maximum absolute atomic E-state index is 5.95. The fourth-order valence-electron chi connectivity index (χ4n) is 0.926. The first-order valence-corrected chi connectivity index (χ1v) is 5.78. The van der Waals surface area contributed by atoms with Gasteiger partial charge in [0.25, 0.3) is 0 Å². The highest BCUT2D eigenvalue weighted by atomic mass is 35.5. The molecule has 0 spiro atoms. The number of nitrogens with zero attached hydrogens (tertiary/aromatic N) is 1. The minimum atomic E-state index is 0.536. The topological polar surface area (TPSA) is 38.9 Å². The van der Waals surface area contributed by atoms with Gasteiger partial charge in [-0.1, -0.05) is 23.2 Å². The van der Waals surface area contributed by atoms with Crippen molar-refractivity contribution in [2.45, 2.75) is 0 Å². The van der Waals surface area contributed by atoms with E-state index in [9.17, 15) is 0 Å². The number of thiophene rings is 1. The van der Waals surface area contributed by atoms with Crippen molar-refractivity contribution in [1.29, 1.82) is 0 Å². The maximum atomic E-state index is 5.95. The minimum absolute atomic E-state index is 0.536. The molecule has 0 aromatic carbocycles. The first-order valence-electron chi connectivity index (χ1n) is 3.33. The van der Waals surface area contributed by atoms with E-state index in [1.807, 2.05) is 5.38 Å². The van der Waals surface area contributed by atoms with Crippen molar-refractivity contribution in [3.63, 3.8) is 0 Å². The Morgan fingerprint density at radius 3 is 2.62 bits per heavy atom. The quantitative estimate of drug-likeness (QED) is 0.838.